The summed E-state index contributed by atoms with van der Waals surface area (Å²) in [6, 6.07) is 13.3. The molecule has 3 atom stereocenters. The van der Waals surface area contributed by atoms with Gasteiger partial charge in [-0.2, -0.15) is 13.2 Å². The molecular weight excluding hydrogens is 531 g/mol. The number of ether oxygens (including phenoxy) is 2. The molecule has 41 heavy (non-hydrogen) atoms. The number of aryl methyl sites for hydroxylation is 1. The van der Waals surface area contributed by atoms with Crippen LogP contribution in [0.15, 0.2) is 48.5 Å². The average molecular weight is 570 g/mol. The second-order valence-electron chi connectivity index (χ2n) is 11.2. The number of para-hydroxylation sites is 1. The predicted octanol–water partition coefficient (Wildman–Crippen LogP) is 7.50. The van der Waals surface area contributed by atoms with Gasteiger partial charge in [0, 0.05) is 34.6 Å². The van der Waals surface area contributed by atoms with Gasteiger partial charge in [-0.3, -0.25) is 9.78 Å². The number of aromatic nitrogens is 1. The van der Waals surface area contributed by atoms with Crippen LogP contribution in [0.2, 0.25) is 0 Å². The number of pyridine rings is 1. The van der Waals surface area contributed by atoms with E-state index < -0.39 is 11.7 Å². The van der Waals surface area contributed by atoms with Crippen molar-refractivity contribution in [2.24, 2.45) is 11.3 Å². The highest BCUT2D eigenvalue weighted by atomic mass is 19.4. The lowest BCUT2D eigenvalue weighted by atomic mass is 9.60. The number of hydrogen-bond acceptors (Lipinski definition) is 6. The van der Waals surface area contributed by atoms with E-state index in [1.807, 2.05) is 37.3 Å². The zero-order valence-corrected chi connectivity index (χ0v) is 23.7. The summed E-state index contributed by atoms with van der Waals surface area (Å²) in [5.41, 5.74) is 1.34. The van der Waals surface area contributed by atoms with Crippen LogP contribution < -0.4 is 15.4 Å². The molecule has 9 heteroatoms. The lowest BCUT2D eigenvalue weighted by Crippen LogP contribution is -2.49. The van der Waals surface area contributed by atoms with Crippen LogP contribution >= 0.6 is 0 Å². The molecule has 2 radical (unpaired) electrons. The molecule has 2 aromatic carbocycles. The normalized spacial score (nSPS) is 22.1. The highest BCUT2D eigenvalue weighted by Gasteiger charge is 2.48. The van der Waals surface area contributed by atoms with Crippen molar-refractivity contribution in [2.75, 3.05) is 25.6 Å². The van der Waals surface area contributed by atoms with E-state index in [-0.39, 0.29) is 37.2 Å². The number of carbonyl (C=O) groups is 1. The van der Waals surface area contributed by atoms with Gasteiger partial charge in [0.15, 0.2) is 0 Å². The molecule has 2 saturated carbocycles. The molecule has 0 spiro atoms. The van der Waals surface area contributed by atoms with E-state index in [9.17, 15) is 18.0 Å². The summed E-state index contributed by atoms with van der Waals surface area (Å²) in [6.07, 6.45) is 1.89. The zero-order chi connectivity index (χ0) is 28.3. The number of methoxy groups -OCH3 is 1. The summed E-state index contributed by atoms with van der Waals surface area (Å²) in [5, 5.41) is 7.53. The molecule has 3 unspecified atom stereocenters. The van der Waals surface area contributed by atoms with Crippen molar-refractivity contribution in [3.05, 3.63) is 67.2 Å². The number of benzene rings is 2. The summed E-state index contributed by atoms with van der Waals surface area (Å²) in [7, 11) is 1.46. The van der Waals surface area contributed by atoms with Crippen LogP contribution in [0.1, 0.15) is 56.2 Å². The first-order chi connectivity index (χ1) is 19.1. The number of anilines is 2. The third-order valence-corrected chi connectivity index (χ3v) is 8.20. The van der Waals surface area contributed by atoms with E-state index in [0.29, 0.717) is 30.3 Å². The third kappa shape index (κ3) is 7.12. The molecule has 0 saturated heterocycles. The van der Waals surface area contributed by atoms with Gasteiger partial charge in [0.2, 0.25) is 0 Å². The number of nitrogens with one attached hydrogen (secondary N) is 2. The average Bonchev–Trinajstić information content (AvgIpc) is 2.91. The quantitative estimate of drug-likeness (QED) is 0.205. The number of hydrogen-bond donors (Lipinski definition) is 2. The van der Waals surface area contributed by atoms with Crippen molar-refractivity contribution in [3.63, 3.8) is 0 Å². The molecule has 6 nitrogen and oxygen atoms in total. The third-order valence-electron chi connectivity index (χ3n) is 8.20. The van der Waals surface area contributed by atoms with Gasteiger partial charge in [0.1, 0.15) is 5.75 Å². The lowest BCUT2D eigenvalue weighted by molar-refractivity contribution is -0.159. The van der Waals surface area contributed by atoms with Crippen molar-refractivity contribution in [3.8, 4) is 5.75 Å². The van der Waals surface area contributed by atoms with Crippen LogP contribution in [0.25, 0.3) is 10.9 Å². The molecule has 2 aliphatic carbocycles. The Hall–Kier alpha value is -3.33. The SMILES string of the molecule is COC(=O)C12CCCC(CC(NCCCOc3cc(Nc4cc(C)nc5ccccc45)cc(C(F)(F)F)c3)C1)C2.[CH2]. The number of rotatable bonds is 9. The zero-order valence-electron chi connectivity index (χ0n) is 23.7. The van der Waals surface area contributed by atoms with Crippen LogP contribution in [-0.4, -0.2) is 37.3 Å². The Morgan fingerprint density at radius 1 is 1.15 bits per heavy atom. The molecule has 2 bridgehead atoms. The molecule has 1 aromatic heterocycles. The molecule has 0 amide bonds. The number of fused-ring (bicyclic) bond motifs is 3. The standard InChI is InChI=1S/C31H36F3N3O3.CH2/c1-20-13-28(26-8-3-4-9-27(26)36-20)37-23-15-22(31(32,33)34)16-25(17-23)40-12-6-11-35-24-14-21-7-5-10-30(18-21,19-24)29(38)39-2;/h3-4,8-9,13,15-17,21,24,35H,5-7,10-12,14,18-19H2,1-2H3,(H,36,37);1H2. The van der Waals surface area contributed by atoms with Crippen LogP contribution in [0.3, 0.4) is 0 Å². The van der Waals surface area contributed by atoms with Crippen LogP contribution in [0.5, 0.6) is 5.75 Å². The number of carbonyl (C=O) groups excluding carboxylic acids is 1. The summed E-state index contributed by atoms with van der Waals surface area (Å²) < 4.78 is 52.1. The number of esters is 1. The minimum Gasteiger partial charge on any atom is -0.493 e. The summed E-state index contributed by atoms with van der Waals surface area (Å²) in [4.78, 5) is 17.0. The predicted molar refractivity (Wildman–Crippen MR) is 154 cm³/mol. The minimum atomic E-state index is -4.51. The summed E-state index contributed by atoms with van der Waals surface area (Å²) >= 11 is 0. The monoisotopic (exact) mass is 569 g/mol. The first-order valence-corrected chi connectivity index (χ1v) is 14.0. The van der Waals surface area contributed by atoms with E-state index >= 15 is 0 Å². The highest BCUT2D eigenvalue weighted by molar-refractivity contribution is 5.93. The van der Waals surface area contributed by atoms with E-state index in [1.165, 1.54) is 7.11 Å². The first-order valence-electron chi connectivity index (χ1n) is 14.0. The van der Waals surface area contributed by atoms with Crippen molar-refractivity contribution in [2.45, 2.75) is 64.1 Å². The van der Waals surface area contributed by atoms with Crippen LogP contribution in [0.4, 0.5) is 24.5 Å². The first kappa shape index (κ1) is 30.6. The molecule has 0 aliphatic heterocycles. The van der Waals surface area contributed by atoms with E-state index in [0.717, 1.165) is 67.3 Å². The molecule has 220 valence electrons. The van der Waals surface area contributed by atoms with Crippen LogP contribution in [-0.2, 0) is 15.7 Å². The Balaban J connectivity index is 0.00000387. The number of halogens is 3. The smallest absolute Gasteiger partial charge is 0.416 e. The van der Waals surface area contributed by atoms with E-state index in [2.05, 4.69) is 15.6 Å². The van der Waals surface area contributed by atoms with Crippen molar-refractivity contribution >= 4 is 28.2 Å². The van der Waals surface area contributed by atoms with Gasteiger partial charge in [0.05, 0.1) is 30.2 Å². The Kier molecular flexibility index (Phi) is 9.47. The van der Waals surface area contributed by atoms with Gasteiger partial charge in [-0.1, -0.05) is 38.5 Å². The largest absolute Gasteiger partial charge is 0.493 e. The van der Waals surface area contributed by atoms with E-state index in [1.54, 1.807) is 6.07 Å². The minimum absolute atomic E-state index is 0. The van der Waals surface area contributed by atoms with Gasteiger partial charge < -0.3 is 20.1 Å². The Morgan fingerprint density at radius 3 is 2.73 bits per heavy atom. The number of alkyl halides is 3. The molecule has 2 N–H and O–H groups in total. The van der Waals surface area contributed by atoms with Crippen molar-refractivity contribution in [1.29, 1.82) is 0 Å². The molecule has 5 rings (SSSR count). The molecule has 1 heterocycles. The fourth-order valence-corrected chi connectivity index (χ4v) is 6.52. The molecule has 3 aromatic rings. The fourth-order valence-electron chi connectivity index (χ4n) is 6.52. The Labute approximate surface area is 240 Å². The second-order valence-corrected chi connectivity index (χ2v) is 11.2. The lowest BCUT2D eigenvalue weighted by Gasteiger charge is -2.46. The fraction of sp³-hybridized carbons (Fsp3) is 0.469. The van der Waals surface area contributed by atoms with Gasteiger partial charge in [-0.05, 0) is 75.8 Å². The van der Waals surface area contributed by atoms with Crippen LogP contribution in [0, 0.1) is 25.7 Å². The van der Waals surface area contributed by atoms with Gasteiger partial charge >= 0.3 is 12.1 Å². The Bertz CT molecular complexity index is 1360. The van der Waals surface area contributed by atoms with E-state index in [4.69, 9.17) is 9.47 Å². The topological polar surface area (TPSA) is 72.5 Å². The van der Waals surface area contributed by atoms with Gasteiger partial charge in [0.25, 0.3) is 0 Å². The molecule has 2 fully saturated rings. The maximum Gasteiger partial charge on any atom is 0.416 e. The Morgan fingerprint density at radius 2 is 1.95 bits per heavy atom. The molecule has 2 aliphatic rings. The summed E-state index contributed by atoms with van der Waals surface area (Å²) in [6.45, 7) is 2.77. The maximum absolute atomic E-state index is 13.7. The highest BCUT2D eigenvalue weighted by Crippen LogP contribution is 2.49. The van der Waals surface area contributed by atoms with Gasteiger partial charge in [-0.15, -0.1) is 0 Å². The maximum atomic E-state index is 13.7. The van der Waals surface area contributed by atoms with Crippen molar-refractivity contribution in [1.82, 2.24) is 10.3 Å². The number of nitrogens with zero attached hydrogens (tertiary/aromatic N) is 1. The second kappa shape index (κ2) is 12.7. The van der Waals surface area contributed by atoms with Crippen molar-refractivity contribution < 1.29 is 27.4 Å². The van der Waals surface area contributed by atoms with Gasteiger partial charge in [-0.25, -0.2) is 0 Å². The molecular formula is C32H38F3N3O3. The summed E-state index contributed by atoms with van der Waals surface area (Å²) in [5.74, 6) is 0.577.